The average Bonchev–Trinajstić information content (AvgIpc) is 2.92. The molecular weight excluding hydrogens is 272 g/mol. The van der Waals surface area contributed by atoms with Crippen LogP contribution < -0.4 is 11.1 Å². The first kappa shape index (κ1) is 15.1. The van der Waals surface area contributed by atoms with Gasteiger partial charge in [-0.15, -0.1) is 0 Å². The molecule has 1 amide bonds. The van der Waals surface area contributed by atoms with E-state index < -0.39 is 0 Å². The van der Waals surface area contributed by atoms with Crippen molar-refractivity contribution in [3.63, 3.8) is 0 Å². The molecule has 112 valence electrons. The molecule has 1 fully saturated rings. The molecule has 1 aromatic heterocycles. The number of amides is 1. The molecule has 0 radical (unpaired) electrons. The molecule has 1 saturated heterocycles. The molecule has 3 N–H and O–H groups in total. The summed E-state index contributed by atoms with van der Waals surface area (Å²) in [6.45, 7) is 9.12. The van der Waals surface area contributed by atoms with Gasteiger partial charge in [-0.25, -0.2) is 4.98 Å². The summed E-state index contributed by atoms with van der Waals surface area (Å²) in [5, 5.41) is 3.98. The lowest BCUT2D eigenvalue weighted by Crippen LogP contribution is -2.34. The van der Waals surface area contributed by atoms with Crippen molar-refractivity contribution in [3.8, 4) is 0 Å². The maximum atomic E-state index is 12.6. The highest BCUT2D eigenvalue weighted by Crippen LogP contribution is 2.31. The Hall–Kier alpha value is -1.30. The number of carbonyl (C=O) groups is 1. The number of thiazole rings is 1. The normalized spacial score (nSPS) is 19.4. The third kappa shape index (κ3) is 3.23. The summed E-state index contributed by atoms with van der Waals surface area (Å²) in [5.41, 5.74) is 5.83. The van der Waals surface area contributed by atoms with Crippen LogP contribution in [0.3, 0.4) is 0 Å². The van der Waals surface area contributed by atoms with Gasteiger partial charge in [-0.2, -0.15) is 0 Å². The van der Waals surface area contributed by atoms with E-state index >= 15 is 0 Å². The van der Waals surface area contributed by atoms with Gasteiger partial charge < -0.3 is 16.0 Å². The molecule has 1 unspecified atom stereocenters. The van der Waals surface area contributed by atoms with Gasteiger partial charge in [0.1, 0.15) is 10.7 Å². The van der Waals surface area contributed by atoms with E-state index in [1.54, 1.807) is 0 Å². The van der Waals surface area contributed by atoms with Crippen LogP contribution >= 0.6 is 11.3 Å². The van der Waals surface area contributed by atoms with Gasteiger partial charge in [0.05, 0.1) is 0 Å². The van der Waals surface area contributed by atoms with Crippen molar-refractivity contribution in [2.45, 2.75) is 58.5 Å². The largest absolute Gasteiger partial charge is 0.382 e. The first-order chi connectivity index (χ1) is 9.31. The van der Waals surface area contributed by atoms with Gasteiger partial charge >= 0.3 is 0 Å². The van der Waals surface area contributed by atoms with Crippen LogP contribution in [0.5, 0.6) is 0 Å². The van der Waals surface area contributed by atoms with Crippen LogP contribution in [0.1, 0.15) is 56.6 Å². The minimum atomic E-state index is -0.0930. The zero-order valence-electron chi connectivity index (χ0n) is 12.7. The molecule has 2 rings (SSSR count). The second-order valence-corrected chi connectivity index (χ2v) is 7.31. The van der Waals surface area contributed by atoms with Crippen molar-refractivity contribution in [3.05, 3.63) is 4.88 Å². The highest BCUT2D eigenvalue weighted by molar-refractivity contribution is 7.18. The Labute approximate surface area is 124 Å². The minimum absolute atomic E-state index is 0.0336. The number of hydrogen-bond acceptors (Lipinski definition) is 5. The van der Waals surface area contributed by atoms with Gasteiger partial charge in [0.25, 0.3) is 5.91 Å². The van der Waals surface area contributed by atoms with Crippen molar-refractivity contribution < 1.29 is 4.79 Å². The lowest BCUT2D eigenvalue weighted by atomic mass is 10.1. The molecule has 20 heavy (non-hydrogen) atoms. The van der Waals surface area contributed by atoms with Crippen molar-refractivity contribution >= 4 is 28.2 Å². The molecule has 1 atom stereocenters. The first-order valence-corrected chi connectivity index (χ1v) is 7.99. The average molecular weight is 296 g/mol. The van der Waals surface area contributed by atoms with Gasteiger partial charge in [-0.1, -0.05) is 18.3 Å². The van der Waals surface area contributed by atoms with Crippen molar-refractivity contribution in [1.29, 1.82) is 0 Å². The fourth-order valence-electron chi connectivity index (χ4n) is 2.52. The van der Waals surface area contributed by atoms with Crippen LogP contribution in [-0.4, -0.2) is 33.9 Å². The number of rotatable bonds is 3. The maximum Gasteiger partial charge on any atom is 0.268 e. The molecule has 2 heterocycles. The van der Waals surface area contributed by atoms with Crippen LogP contribution in [0.15, 0.2) is 0 Å². The van der Waals surface area contributed by atoms with E-state index in [0.717, 1.165) is 25.8 Å². The molecule has 0 spiro atoms. The van der Waals surface area contributed by atoms with E-state index in [9.17, 15) is 4.79 Å². The lowest BCUT2D eigenvalue weighted by molar-refractivity contribution is 0.0739. The molecule has 1 aromatic rings. The number of nitrogens with zero attached hydrogens (tertiary/aromatic N) is 2. The predicted octanol–water partition coefficient (Wildman–Crippen LogP) is 2.95. The zero-order valence-corrected chi connectivity index (χ0v) is 13.5. The molecule has 0 aliphatic carbocycles. The van der Waals surface area contributed by atoms with Crippen LogP contribution in [-0.2, 0) is 0 Å². The molecule has 0 bridgehead atoms. The molecular formula is C14H24N4OS. The number of nitrogens with two attached hydrogens (primary N) is 1. The van der Waals surface area contributed by atoms with Gasteiger partial charge in [-0.05, 0) is 40.0 Å². The molecule has 1 aliphatic heterocycles. The number of likely N-dealkylation sites (tertiary alicyclic amines) is 1. The van der Waals surface area contributed by atoms with Crippen molar-refractivity contribution in [2.24, 2.45) is 0 Å². The van der Waals surface area contributed by atoms with Gasteiger partial charge in [0.15, 0.2) is 5.13 Å². The second-order valence-electron chi connectivity index (χ2n) is 6.31. The second kappa shape index (κ2) is 5.60. The Balaban J connectivity index is 2.18. The summed E-state index contributed by atoms with van der Waals surface area (Å²) >= 11 is 1.36. The molecule has 5 nitrogen and oxygen atoms in total. The molecule has 6 heteroatoms. The lowest BCUT2D eigenvalue weighted by Gasteiger charge is -2.23. The van der Waals surface area contributed by atoms with Gasteiger partial charge in [-0.3, -0.25) is 4.79 Å². The Morgan fingerprint density at radius 3 is 2.85 bits per heavy atom. The fourth-order valence-corrected chi connectivity index (χ4v) is 3.57. The summed E-state index contributed by atoms with van der Waals surface area (Å²) in [4.78, 5) is 19.4. The van der Waals surface area contributed by atoms with E-state index in [1.807, 2.05) is 4.90 Å². The van der Waals surface area contributed by atoms with E-state index in [4.69, 9.17) is 5.73 Å². The number of hydrogen-bond donors (Lipinski definition) is 2. The summed E-state index contributed by atoms with van der Waals surface area (Å²) in [6, 6.07) is 0.350. The molecule has 0 aromatic carbocycles. The summed E-state index contributed by atoms with van der Waals surface area (Å²) in [6.07, 6.45) is 3.17. The summed E-state index contributed by atoms with van der Waals surface area (Å²) in [5.74, 6) is 0.375. The highest BCUT2D eigenvalue weighted by Gasteiger charge is 2.31. The zero-order chi connectivity index (χ0) is 14.9. The smallest absolute Gasteiger partial charge is 0.268 e. The quantitative estimate of drug-likeness (QED) is 0.899. The third-order valence-corrected chi connectivity index (χ3v) is 4.41. The van der Waals surface area contributed by atoms with E-state index in [0.29, 0.717) is 21.9 Å². The van der Waals surface area contributed by atoms with Crippen molar-refractivity contribution in [1.82, 2.24) is 9.88 Å². The standard InChI is InChI=1S/C14H24N4OS/c1-5-9-7-6-8-18(9)12(19)10-11(15)16-13(20-10)17-14(2,3)4/h9H,5-8,15H2,1-4H3,(H,16,17). The fraction of sp³-hybridized carbons (Fsp3) is 0.714. The van der Waals surface area contributed by atoms with Crippen LogP contribution in [0, 0.1) is 0 Å². The Morgan fingerprint density at radius 2 is 2.25 bits per heavy atom. The van der Waals surface area contributed by atoms with Crippen LogP contribution in [0.25, 0.3) is 0 Å². The van der Waals surface area contributed by atoms with E-state index in [2.05, 4.69) is 38.0 Å². The Morgan fingerprint density at radius 1 is 1.55 bits per heavy atom. The Bertz CT molecular complexity index is 492. The number of carbonyl (C=O) groups excluding carboxylic acids is 1. The highest BCUT2D eigenvalue weighted by atomic mass is 32.1. The first-order valence-electron chi connectivity index (χ1n) is 7.17. The van der Waals surface area contributed by atoms with E-state index in [1.165, 1.54) is 11.3 Å². The van der Waals surface area contributed by atoms with E-state index in [-0.39, 0.29) is 11.4 Å². The maximum absolute atomic E-state index is 12.6. The number of nitrogens with one attached hydrogen (secondary N) is 1. The number of nitrogen functional groups attached to an aromatic ring is 1. The topological polar surface area (TPSA) is 71.2 Å². The summed E-state index contributed by atoms with van der Waals surface area (Å²) in [7, 11) is 0. The monoisotopic (exact) mass is 296 g/mol. The molecule has 0 saturated carbocycles. The van der Waals surface area contributed by atoms with Gasteiger partial charge in [0.2, 0.25) is 0 Å². The summed E-state index contributed by atoms with van der Waals surface area (Å²) < 4.78 is 0. The van der Waals surface area contributed by atoms with Crippen LogP contribution in [0.4, 0.5) is 10.9 Å². The van der Waals surface area contributed by atoms with Crippen molar-refractivity contribution in [2.75, 3.05) is 17.6 Å². The van der Waals surface area contributed by atoms with Crippen LogP contribution in [0.2, 0.25) is 0 Å². The SMILES string of the molecule is CCC1CCCN1C(=O)c1sc(NC(C)(C)C)nc1N. The number of aromatic nitrogens is 1. The Kier molecular flexibility index (Phi) is 4.22. The predicted molar refractivity (Wildman–Crippen MR) is 84.3 cm³/mol. The minimum Gasteiger partial charge on any atom is -0.382 e. The van der Waals surface area contributed by atoms with Gasteiger partial charge in [0, 0.05) is 18.1 Å². The number of anilines is 2. The third-order valence-electron chi connectivity index (χ3n) is 3.44. The molecule has 1 aliphatic rings.